The topological polar surface area (TPSA) is 27.7 Å². The number of ether oxygens (including phenoxy) is 3. The van der Waals surface area contributed by atoms with Crippen LogP contribution in [0, 0.1) is 0 Å². The van der Waals surface area contributed by atoms with E-state index in [4.69, 9.17) is 14.2 Å². The Hall–Kier alpha value is -1.16. The summed E-state index contributed by atoms with van der Waals surface area (Å²) in [5.41, 5.74) is 0. The van der Waals surface area contributed by atoms with Crippen LogP contribution in [0.4, 0.5) is 0 Å². The molecule has 0 saturated heterocycles. The van der Waals surface area contributed by atoms with Gasteiger partial charge in [0, 0.05) is 13.2 Å². The molecule has 0 fully saturated rings. The van der Waals surface area contributed by atoms with Crippen LogP contribution in [-0.2, 0) is 14.2 Å². The van der Waals surface area contributed by atoms with Crippen LogP contribution in [0.2, 0.25) is 0 Å². The lowest BCUT2D eigenvalue weighted by Crippen LogP contribution is -2.28. The SMILES string of the molecule is CCCC/C=C\C=C\CCCCC(OCCCCCCCCC)OC(CCCC/C=C/C=C\CCCC)OCCCCCCCCC. The summed E-state index contributed by atoms with van der Waals surface area (Å²) in [5, 5.41) is 0. The van der Waals surface area contributed by atoms with Gasteiger partial charge in [0.05, 0.1) is 0 Å². The van der Waals surface area contributed by atoms with Crippen LogP contribution in [0.5, 0.6) is 0 Å². The van der Waals surface area contributed by atoms with Crippen molar-refractivity contribution < 1.29 is 14.2 Å². The second kappa shape index (κ2) is 41.0. The Morgan fingerprint density at radius 1 is 0.340 bits per heavy atom. The summed E-state index contributed by atoms with van der Waals surface area (Å²) >= 11 is 0. The molecule has 0 rings (SSSR count). The quantitative estimate of drug-likeness (QED) is 0.0375. The molecule has 0 aliphatic carbocycles. The number of allylic oxidation sites excluding steroid dienone is 8. The van der Waals surface area contributed by atoms with Crippen molar-refractivity contribution in [3.63, 3.8) is 0 Å². The van der Waals surface area contributed by atoms with Gasteiger partial charge in [-0.05, 0) is 77.0 Å². The number of unbranched alkanes of at least 4 members (excludes halogenated alkanes) is 20. The molecule has 0 aliphatic rings. The smallest absolute Gasteiger partial charge is 0.160 e. The average molecular weight is 659 g/mol. The van der Waals surface area contributed by atoms with E-state index in [1.807, 2.05) is 0 Å². The van der Waals surface area contributed by atoms with Crippen LogP contribution < -0.4 is 0 Å². The fourth-order valence-corrected chi connectivity index (χ4v) is 5.59. The van der Waals surface area contributed by atoms with Gasteiger partial charge in [-0.1, -0.05) is 179 Å². The molecule has 0 amide bonds. The molecule has 0 N–H and O–H groups in total. The molecule has 0 aliphatic heterocycles. The first kappa shape index (κ1) is 45.8. The highest BCUT2D eigenvalue weighted by atomic mass is 16.8. The summed E-state index contributed by atoms with van der Waals surface area (Å²) in [6.07, 6.45) is 52.1. The van der Waals surface area contributed by atoms with E-state index in [0.717, 1.165) is 64.6 Å². The van der Waals surface area contributed by atoms with Crippen molar-refractivity contribution in [1.82, 2.24) is 0 Å². The predicted molar refractivity (Wildman–Crippen MR) is 209 cm³/mol. The third kappa shape index (κ3) is 37.5. The minimum atomic E-state index is -0.166. The van der Waals surface area contributed by atoms with Gasteiger partial charge < -0.3 is 14.2 Å². The number of rotatable bonds is 38. The van der Waals surface area contributed by atoms with Crippen LogP contribution in [-0.4, -0.2) is 25.8 Å². The standard InChI is InChI=1S/C44H82O3/c1-5-9-13-17-21-23-25-27-31-35-39-43(45-41-37-33-29-19-15-11-7-3)47-44(46-42-38-34-30-20-16-12-8-4)40-36-32-28-26-24-22-18-14-10-6-2/h17-18,21-26,43-44H,5-16,19-20,27-42H2,1-4H3/b21-17-,22-18-,25-23+,26-24+. The monoisotopic (exact) mass is 659 g/mol. The fraction of sp³-hybridized carbons (Fsp3) is 0.818. The molecule has 47 heavy (non-hydrogen) atoms. The van der Waals surface area contributed by atoms with E-state index >= 15 is 0 Å². The zero-order chi connectivity index (χ0) is 34.1. The molecular formula is C44H82O3. The van der Waals surface area contributed by atoms with Crippen LogP contribution in [0.3, 0.4) is 0 Å². The van der Waals surface area contributed by atoms with E-state index in [9.17, 15) is 0 Å². The summed E-state index contributed by atoms with van der Waals surface area (Å²) < 4.78 is 19.5. The predicted octanol–water partition coefficient (Wildman–Crippen LogP) is 14.9. The van der Waals surface area contributed by atoms with Gasteiger partial charge in [0.25, 0.3) is 0 Å². The third-order valence-electron chi connectivity index (χ3n) is 8.74. The Balaban J connectivity index is 4.89. The van der Waals surface area contributed by atoms with Gasteiger partial charge in [0.15, 0.2) is 12.6 Å². The lowest BCUT2D eigenvalue weighted by atomic mass is 10.1. The Morgan fingerprint density at radius 2 is 0.660 bits per heavy atom. The van der Waals surface area contributed by atoms with E-state index < -0.39 is 0 Å². The van der Waals surface area contributed by atoms with Crippen molar-refractivity contribution in [3.05, 3.63) is 48.6 Å². The van der Waals surface area contributed by atoms with Crippen molar-refractivity contribution in [1.29, 1.82) is 0 Å². The van der Waals surface area contributed by atoms with Crippen LogP contribution >= 0.6 is 0 Å². The second-order valence-electron chi connectivity index (χ2n) is 13.5. The highest BCUT2D eigenvalue weighted by molar-refractivity contribution is 5.02. The minimum Gasteiger partial charge on any atom is -0.353 e. The van der Waals surface area contributed by atoms with Crippen molar-refractivity contribution in [2.24, 2.45) is 0 Å². The molecule has 276 valence electrons. The Bertz CT molecular complexity index is 636. The van der Waals surface area contributed by atoms with Gasteiger partial charge in [-0.2, -0.15) is 0 Å². The molecule has 3 nitrogen and oxygen atoms in total. The van der Waals surface area contributed by atoms with Crippen molar-refractivity contribution >= 4 is 0 Å². The molecule has 0 radical (unpaired) electrons. The molecular weight excluding hydrogens is 576 g/mol. The van der Waals surface area contributed by atoms with Gasteiger partial charge in [-0.15, -0.1) is 0 Å². The largest absolute Gasteiger partial charge is 0.353 e. The first-order valence-electron chi connectivity index (χ1n) is 20.8. The summed E-state index contributed by atoms with van der Waals surface area (Å²) in [7, 11) is 0. The van der Waals surface area contributed by atoms with Crippen molar-refractivity contribution in [2.75, 3.05) is 13.2 Å². The minimum absolute atomic E-state index is 0.166. The molecule has 0 bridgehead atoms. The summed E-state index contributed by atoms with van der Waals surface area (Å²) in [4.78, 5) is 0. The molecule has 2 atom stereocenters. The highest BCUT2D eigenvalue weighted by Gasteiger charge is 2.18. The Morgan fingerprint density at radius 3 is 1.02 bits per heavy atom. The molecule has 0 spiro atoms. The molecule has 3 heteroatoms. The van der Waals surface area contributed by atoms with Crippen molar-refractivity contribution in [3.8, 4) is 0 Å². The molecule has 0 aromatic carbocycles. The zero-order valence-electron chi connectivity index (χ0n) is 32.2. The molecule has 0 heterocycles. The van der Waals surface area contributed by atoms with Gasteiger partial charge in [0.1, 0.15) is 0 Å². The summed E-state index contributed by atoms with van der Waals surface area (Å²) in [6, 6.07) is 0. The first-order chi connectivity index (χ1) is 23.3. The Labute approximate surface area is 295 Å². The lowest BCUT2D eigenvalue weighted by Gasteiger charge is -2.25. The average Bonchev–Trinajstić information content (AvgIpc) is 3.08. The van der Waals surface area contributed by atoms with Gasteiger partial charge in [-0.3, -0.25) is 0 Å². The van der Waals surface area contributed by atoms with E-state index in [-0.39, 0.29) is 12.6 Å². The summed E-state index contributed by atoms with van der Waals surface area (Å²) in [5.74, 6) is 0. The van der Waals surface area contributed by atoms with Crippen LogP contribution in [0.15, 0.2) is 48.6 Å². The van der Waals surface area contributed by atoms with Gasteiger partial charge >= 0.3 is 0 Å². The van der Waals surface area contributed by atoms with Crippen LogP contribution in [0.25, 0.3) is 0 Å². The van der Waals surface area contributed by atoms with E-state index in [0.29, 0.717) is 0 Å². The summed E-state index contributed by atoms with van der Waals surface area (Å²) in [6.45, 7) is 10.7. The molecule has 0 aromatic rings. The van der Waals surface area contributed by atoms with Gasteiger partial charge in [-0.25, -0.2) is 0 Å². The first-order valence-corrected chi connectivity index (χ1v) is 20.8. The Kier molecular flexibility index (Phi) is 40.0. The fourth-order valence-electron chi connectivity index (χ4n) is 5.59. The highest BCUT2D eigenvalue weighted by Crippen LogP contribution is 2.18. The molecule has 0 aromatic heterocycles. The van der Waals surface area contributed by atoms with Crippen LogP contribution in [0.1, 0.15) is 207 Å². The van der Waals surface area contributed by atoms with Crippen molar-refractivity contribution in [2.45, 2.75) is 220 Å². The normalized spacial score (nSPS) is 13.7. The molecule has 0 saturated carbocycles. The van der Waals surface area contributed by atoms with Gasteiger partial charge in [0.2, 0.25) is 0 Å². The van der Waals surface area contributed by atoms with E-state index in [2.05, 4.69) is 76.3 Å². The zero-order valence-corrected chi connectivity index (χ0v) is 32.2. The maximum atomic E-state index is 6.63. The molecule has 2 unspecified atom stereocenters. The van der Waals surface area contributed by atoms with E-state index in [1.54, 1.807) is 0 Å². The number of hydrogen-bond acceptors (Lipinski definition) is 3. The number of hydrogen-bond donors (Lipinski definition) is 0. The second-order valence-corrected chi connectivity index (χ2v) is 13.5. The maximum absolute atomic E-state index is 6.63. The third-order valence-corrected chi connectivity index (χ3v) is 8.74. The lowest BCUT2D eigenvalue weighted by molar-refractivity contribution is -0.250. The maximum Gasteiger partial charge on any atom is 0.160 e. The van der Waals surface area contributed by atoms with E-state index in [1.165, 1.54) is 128 Å².